The van der Waals surface area contributed by atoms with E-state index in [1.54, 1.807) is 6.20 Å². The average molecular weight is 518 g/mol. The molecule has 2 heterocycles. The second-order valence-electron chi connectivity index (χ2n) is 11.2. The Bertz CT molecular complexity index is 1610. The van der Waals surface area contributed by atoms with E-state index in [1.165, 1.54) is 5.56 Å². The molecule has 39 heavy (non-hydrogen) atoms. The molecule has 3 aromatic carbocycles. The highest BCUT2D eigenvalue weighted by molar-refractivity contribution is 6.05. The Hall–Kier alpha value is -4.45. The SMILES string of the molecule is Cc1ccc(-c2cn3ccnc3c(N(c3ccccc3)C(C)C)n2)cc1NC(=O)c1ccc(C(C)(C)C)cc1. The minimum absolute atomic E-state index is 0.0355. The molecule has 0 fully saturated rings. The monoisotopic (exact) mass is 517 g/mol. The van der Waals surface area contributed by atoms with Crippen LogP contribution in [0.15, 0.2) is 91.4 Å². The quantitative estimate of drug-likeness (QED) is 0.250. The molecule has 0 unspecified atom stereocenters. The fourth-order valence-corrected chi connectivity index (χ4v) is 4.70. The highest BCUT2D eigenvalue weighted by Crippen LogP contribution is 2.33. The number of aromatic nitrogens is 3. The summed E-state index contributed by atoms with van der Waals surface area (Å²) in [5.41, 5.74) is 7.14. The second-order valence-corrected chi connectivity index (χ2v) is 11.2. The van der Waals surface area contributed by atoms with Crippen LogP contribution in [0.1, 0.15) is 56.1 Å². The lowest BCUT2D eigenvalue weighted by Crippen LogP contribution is -2.27. The summed E-state index contributed by atoms with van der Waals surface area (Å²) < 4.78 is 2.00. The summed E-state index contributed by atoms with van der Waals surface area (Å²) in [6.07, 6.45) is 5.71. The lowest BCUT2D eigenvalue weighted by atomic mass is 9.86. The lowest BCUT2D eigenvalue weighted by Gasteiger charge is -2.28. The number of carbonyl (C=O) groups is 1. The van der Waals surface area contributed by atoms with Gasteiger partial charge in [0.05, 0.1) is 5.69 Å². The summed E-state index contributed by atoms with van der Waals surface area (Å²) in [6.45, 7) is 12.8. The number of imidazole rings is 1. The van der Waals surface area contributed by atoms with Gasteiger partial charge in [-0.25, -0.2) is 9.97 Å². The molecule has 1 N–H and O–H groups in total. The van der Waals surface area contributed by atoms with E-state index in [9.17, 15) is 4.79 Å². The first kappa shape index (κ1) is 26.2. The number of para-hydroxylation sites is 1. The van der Waals surface area contributed by atoms with Crippen LogP contribution in [0.2, 0.25) is 0 Å². The summed E-state index contributed by atoms with van der Waals surface area (Å²) in [5, 5.41) is 3.11. The van der Waals surface area contributed by atoms with Crippen LogP contribution in [-0.2, 0) is 5.41 Å². The Morgan fingerprint density at radius 2 is 1.69 bits per heavy atom. The molecule has 0 aliphatic heterocycles. The zero-order valence-corrected chi connectivity index (χ0v) is 23.4. The third kappa shape index (κ3) is 5.41. The van der Waals surface area contributed by atoms with Crippen LogP contribution in [0.25, 0.3) is 16.9 Å². The summed E-state index contributed by atoms with van der Waals surface area (Å²) in [7, 11) is 0. The highest BCUT2D eigenvalue weighted by Gasteiger charge is 2.21. The third-order valence-electron chi connectivity index (χ3n) is 6.93. The Balaban J connectivity index is 1.51. The number of anilines is 3. The van der Waals surface area contributed by atoms with Crippen molar-refractivity contribution in [2.24, 2.45) is 0 Å². The largest absolute Gasteiger partial charge is 0.322 e. The van der Waals surface area contributed by atoms with E-state index in [0.717, 1.165) is 39.7 Å². The van der Waals surface area contributed by atoms with Crippen molar-refractivity contribution >= 4 is 28.7 Å². The van der Waals surface area contributed by atoms with Gasteiger partial charge in [0, 0.05) is 47.1 Å². The molecule has 198 valence electrons. The van der Waals surface area contributed by atoms with E-state index in [2.05, 4.69) is 62.0 Å². The normalized spacial score (nSPS) is 11.7. The number of fused-ring (bicyclic) bond motifs is 1. The first-order chi connectivity index (χ1) is 18.6. The zero-order chi connectivity index (χ0) is 27.7. The van der Waals surface area contributed by atoms with E-state index >= 15 is 0 Å². The van der Waals surface area contributed by atoms with E-state index in [1.807, 2.05) is 84.4 Å². The van der Waals surface area contributed by atoms with Crippen LogP contribution in [-0.4, -0.2) is 26.3 Å². The molecule has 5 rings (SSSR count). The van der Waals surface area contributed by atoms with Gasteiger partial charge in [0.15, 0.2) is 11.5 Å². The molecule has 2 aromatic heterocycles. The summed E-state index contributed by atoms with van der Waals surface area (Å²) in [6, 6.07) is 24.3. The zero-order valence-electron chi connectivity index (χ0n) is 23.4. The van der Waals surface area contributed by atoms with Crippen LogP contribution in [0, 0.1) is 6.92 Å². The van der Waals surface area contributed by atoms with Gasteiger partial charge in [0.2, 0.25) is 0 Å². The minimum atomic E-state index is -0.135. The Morgan fingerprint density at radius 1 is 0.974 bits per heavy atom. The standard InChI is InChI=1S/C33H35N5O/c1-22(2)38(27-10-8-7-9-11-27)31-30-34-18-19-37(30)21-29(35-31)25-13-12-23(3)28(20-25)36-32(39)24-14-16-26(17-15-24)33(4,5)6/h7-22H,1-6H3,(H,36,39). The van der Waals surface area contributed by atoms with Crippen molar-refractivity contribution < 1.29 is 4.79 Å². The molecular formula is C33H35N5O. The van der Waals surface area contributed by atoms with Crippen molar-refractivity contribution in [1.29, 1.82) is 0 Å². The van der Waals surface area contributed by atoms with E-state index in [4.69, 9.17) is 4.98 Å². The van der Waals surface area contributed by atoms with E-state index < -0.39 is 0 Å². The predicted octanol–water partition coefficient (Wildman–Crippen LogP) is 7.80. The number of nitrogens with zero attached hydrogens (tertiary/aromatic N) is 4. The number of carbonyl (C=O) groups excluding carboxylic acids is 1. The molecule has 5 aromatic rings. The lowest BCUT2D eigenvalue weighted by molar-refractivity contribution is 0.102. The van der Waals surface area contributed by atoms with Crippen LogP contribution in [0.3, 0.4) is 0 Å². The molecule has 0 spiro atoms. The maximum Gasteiger partial charge on any atom is 0.255 e. The predicted molar refractivity (Wildman–Crippen MR) is 160 cm³/mol. The van der Waals surface area contributed by atoms with Gasteiger partial charge in [-0.2, -0.15) is 0 Å². The molecule has 0 aliphatic rings. The smallest absolute Gasteiger partial charge is 0.255 e. The van der Waals surface area contributed by atoms with Crippen LogP contribution in [0.5, 0.6) is 0 Å². The number of rotatable bonds is 6. The number of nitrogens with one attached hydrogen (secondary N) is 1. The van der Waals surface area contributed by atoms with Gasteiger partial charge in [-0.05, 0) is 67.6 Å². The topological polar surface area (TPSA) is 62.5 Å². The van der Waals surface area contributed by atoms with Crippen molar-refractivity contribution in [1.82, 2.24) is 14.4 Å². The molecule has 0 saturated heterocycles. The number of hydrogen-bond acceptors (Lipinski definition) is 4. The minimum Gasteiger partial charge on any atom is -0.322 e. The van der Waals surface area contributed by atoms with Gasteiger partial charge in [0.1, 0.15) is 0 Å². The van der Waals surface area contributed by atoms with Gasteiger partial charge in [0.25, 0.3) is 5.91 Å². The second kappa shape index (κ2) is 10.4. The van der Waals surface area contributed by atoms with Gasteiger partial charge in [-0.1, -0.05) is 63.2 Å². The molecule has 0 atom stereocenters. The summed E-state index contributed by atoms with van der Waals surface area (Å²) in [4.78, 5) is 25.1. The molecular weight excluding hydrogens is 482 g/mol. The maximum absolute atomic E-state index is 13.1. The molecule has 0 radical (unpaired) electrons. The van der Waals surface area contributed by atoms with Gasteiger partial charge in [-0.15, -0.1) is 0 Å². The Morgan fingerprint density at radius 3 is 2.36 bits per heavy atom. The molecule has 0 aliphatic carbocycles. The molecule has 0 saturated carbocycles. The first-order valence-electron chi connectivity index (χ1n) is 13.3. The Labute approximate surface area is 230 Å². The van der Waals surface area contributed by atoms with Crippen molar-refractivity contribution in [2.45, 2.75) is 53.0 Å². The van der Waals surface area contributed by atoms with Gasteiger partial charge in [-0.3, -0.25) is 4.79 Å². The number of amides is 1. The van der Waals surface area contributed by atoms with Gasteiger partial charge < -0.3 is 14.6 Å². The number of aryl methyl sites for hydroxylation is 1. The fraction of sp³-hybridized carbons (Fsp3) is 0.242. The molecule has 6 heteroatoms. The number of benzene rings is 3. The Kier molecular flexibility index (Phi) is 6.96. The number of hydrogen-bond donors (Lipinski definition) is 1. The van der Waals surface area contributed by atoms with E-state index in [-0.39, 0.29) is 17.4 Å². The van der Waals surface area contributed by atoms with Crippen LogP contribution in [0.4, 0.5) is 17.2 Å². The molecule has 0 bridgehead atoms. The molecule has 1 amide bonds. The third-order valence-corrected chi connectivity index (χ3v) is 6.93. The summed E-state index contributed by atoms with van der Waals surface area (Å²) >= 11 is 0. The maximum atomic E-state index is 13.1. The van der Waals surface area contributed by atoms with Crippen molar-refractivity contribution in [3.63, 3.8) is 0 Å². The summed E-state index contributed by atoms with van der Waals surface area (Å²) in [5.74, 6) is 0.647. The average Bonchev–Trinajstić information content (AvgIpc) is 3.39. The molecule has 6 nitrogen and oxygen atoms in total. The van der Waals surface area contributed by atoms with E-state index in [0.29, 0.717) is 5.56 Å². The van der Waals surface area contributed by atoms with Crippen molar-refractivity contribution in [3.8, 4) is 11.3 Å². The van der Waals surface area contributed by atoms with Gasteiger partial charge >= 0.3 is 0 Å². The van der Waals surface area contributed by atoms with Crippen molar-refractivity contribution in [3.05, 3.63) is 108 Å². The fourth-order valence-electron chi connectivity index (χ4n) is 4.70. The van der Waals surface area contributed by atoms with Crippen molar-refractivity contribution in [2.75, 3.05) is 10.2 Å². The van der Waals surface area contributed by atoms with Crippen LogP contribution >= 0.6 is 0 Å². The van der Waals surface area contributed by atoms with Crippen LogP contribution < -0.4 is 10.2 Å². The first-order valence-corrected chi connectivity index (χ1v) is 13.3. The highest BCUT2D eigenvalue weighted by atomic mass is 16.1.